The fourth-order valence-corrected chi connectivity index (χ4v) is 3.50. The Hall–Kier alpha value is -2.86. The highest BCUT2D eigenvalue weighted by atomic mass is 16.5. The van der Waals surface area contributed by atoms with Crippen molar-refractivity contribution >= 4 is 11.8 Å². The van der Waals surface area contributed by atoms with E-state index in [1.165, 1.54) is 0 Å². The molecule has 2 amide bonds. The molecule has 0 unspecified atom stereocenters. The van der Waals surface area contributed by atoms with Gasteiger partial charge in [0.25, 0.3) is 0 Å². The number of carbonyl (C=O) groups is 2. The Balaban J connectivity index is 1.64. The average Bonchev–Trinajstić information content (AvgIpc) is 2.75. The van der Waals surface area contributed by atoms with Gasteiger partial charge in [-0.15, -0.1) is 0 Å². The third-order valence-electron chi connectivity index (χ3n) is 5.01. The van der Waals surface area contributed by atoms with Crippen LogP contribution in [-0.4, -0.2) is 67.6 Å². The zero-order valence-electron chi connectivity index (χ0n) is 16.8. The lowest BCUT2D eigenvalue weighted by Crippen LogP contribution is -2.61. The number of benzene rings is 2. The summed E-state index contributed by atoms with van der Waals surface area (Å²) in [6, 6.07) is 18.9. The minimum atomic E-state index is -0.493. The van der Waals surface area contributed by atoms with E-state index in [1.807, 2.05) is 60.7 Å². The second-order valence-electron chi connectivity index (χ2n) is 7.06. The van der Waals surface area contributed by atoms with Crippen molar-refractivity contribution in [2.75, 3.05) is 40.0 Å². The second kappa shape index (κ2) is 10.6. The molecule has 2 aromatic carbocycles. The first kappa shape index (κ1) is 20.9. The highest BCUT2D eigenvalue weighted by molar-refractivity contribution is 5.95. The molecule has 0 bridgehead atoms. The van der Waals surface area contributed by atoms with E-state index in [0.717, 1.165) is 11.3 Å². The fourth-order valence-electron chi connectivity index (χ4n) is 3.50. The van der Waals surface area contributed by atoms with Crippen molar-refractivity contribution in [3.63, 3.8) is 0 Å². The molecule has 1 aliphatic rings. The normalized spacial score (nSPS) is 16.9. The van der Waals surface area contributed by atoms with Gasteiger partial charge in [-0.25, -0.2) is 0 Å². The molecule has 2 aromatic rings. The number of ether oxygens (including phenoxy) is 2. The first-order valence-electron chi connectivity index (χ1n) is 9.98. The molecule has 1 saturated heterocycles. The SMILES string of the molecule is COCCN1CC(=O)N(CCCOc2ccccc2)[C@H](Cc2ccccc2)C1=O. The molecule has 29 heavy (non-hydrogen) atoms. The van der Waals surface area contributed by atoms with Crippen molar-refractivity contribution in [1.82, 2.24) is 9.80 Å². The minimum Gasteiger partial charge on any atom is -0.494 e. The number of methoxy groups -OCH3 is 1. The number of hydrogen-bond donors (Lipinski definition) is 0. The van der Waals surface area contributed by atoms with Gasteiger partial charge in [0, 0.05) is 26.6 Å². The van der Waals surface area contributed by atoms with Gasteiger partial charge in [-0.1, -0.05) is 48.5 Å². The molecule has 0 radical (unpaired) electrons. The third-order valence-corrected chi connectivity index (χ3v) is 5.01. The van der Waals surface area contributed by atoms with Crippen LogP contribution in [0.25, 0.3) is 0 Å². The van der Waals surface area contributed by atoms with Crippen LogP contribution in [0.5, 0.6) is 5.75 Å². The van der Waals surface area contributed by atoms with E-state index in [0.29, 0.717) is 39.1 Å². The van der Waals surface area contributed by atoms with Gasteiger partial charge in [0.15, 0.2) is 0 Å². The van der Waals surface area contributed by atoms with Crippen LogP contribution in [-0.2, 0) is 20.7 Å². The van der Waals surface area contributed by atoms with Crippen molar-refractivity contribution in [3.8, 4) is 5.75 Å². The Morgan fingerprint density at radius 1 is 0.931 bits per heavy atom. The Morgan fingerprint density at radius 3 is 2.31 bits per heavy atom. The topological polar surface area (TPSA) is 59.1 Å². The van der Waals surface area contributed by atoms with Gasteiger partial charge in [-0.3, -0.25) is 9.59 Å². The van der Waals surface area contributed by atoms with Crippen LogP contribution in [0.15, 0.2) is 60.7 Å². The van der Waals surface area contributed by atoms with Gasteiger partial charge in [0.1, 0.15) is 11.8 Å². The predicted molar refractivity (Wildman–Crippen MR) is 111 cm³/mol. The van der Waals surface area contributed by atoms with Crippen LogP contribution in [0.2, 0.25) is 0 Å². The molecule has 154 valence electrons. The first-order valence-corrected chi connectivity index (χ1v) is 9.98. The highest BCUT2D eigenvalue weighted by Gasteiger charge is 2.38. The number of amides is 2. The van der Waals surface area contributed by atoms with Gasteiger partial charge in [-0.2, -0.15) is 0 Å². The van der Waals surface area contributed by atoms with Crippen molar-refractivity contribution in [2.24, 2.45) is 0 Å². The summed E-state index contributed by atoms with van der Waals surface area (Å²) in [5, 5.41) is 0. The maximum Gasteiger partial charge on any atom is 0.246 e. The molecule has 6 nitrogen and oxygen atoms in total. The highest BCUT2D eigenvalue weighted by Crippen LogP contribution is 2.18. The maximum atomic E-state index is 13.1. The summed E-state index contributed by atoms with van der Waals surface area (Å²) in [6.45, 7) is 1.94. The number of nitrogens with zero attached hydrogens (tertiary/aromatic N) is 2. The van der Waals surface area contributed by atoms with Gasteiger partial charge in [-0.05, 0) is 24.1 Å². The van der Waals surface area contributed by atoms with Crippen LogP contribution in [0.1, 0.15) is 12.0 Å². The zero-order valence-corrected chi connectivity index (χ0v) is 16.8. The Morgan fingerprint density at radius 2 is 1.62 bits per heavy atom. The molecule has 0 N–H and O–H groups in total. The molecule has 1 atom stereocenters. The second-order valence-corrected chi connectivity index (χ2v) is 7.06. The standard InChI is InChI=1S/C23H28N2O4/c1-28-16-14-24-18-22(26)25(13-8-15-29-20-11-6-3-7-12-20)21(23(24)27)17-19-9-4-2-5-10-19/h2-7,9-12,21H,8,13-18H2,1H3/t21-/m1/s1. The van der Waals surface area contributed by atoms with E-state index in [9.17, 15) is 9.59 Å². The number of piperazine rings is 1. The summed E-state index contributed by atoms with van der Waals surface area (Å²) >= 11 is 0. The lowest BCUT2D eigenvalue weighted by molar-refractivity contribution is -0.156. The molecule has 0 aliphatic carbocycles. The van der Waals surface area contributed by atoms with Crippen LogP contribution < -0.4 is 4.74 Å². The van der Waals surface area contributed by atoms with Crippen LogP contribution in [0, 0.1) is 0 Å². The summed E-state index contributed by atoms with van der Waals surface area (Å²) in [4.78, 5) is 29.2. The predicted octanol–water partition coefficient (Wildman–Crippen LogP) is 2.38. The van der Waals surface area contributed by atoms with Gasteiger partial charge >= 0.3 is 0 Å². The van der Waals surface area contributed by atoms with E-state index >= 15 is 0 Å². The number of para-hydroxylation sites is 1. The molecule has 0 spiro atoms. The molecule has 1 fully saturated rings. The molecule has 0 aromatic heterocycles. The summed E-state index contributed by atoms with van der Waals surface area (Å²) in [5.41, 5.74) is 1.04. The summed E-state index contributed by atoms with van der Waals surface area (Å²) in [7, 11) is 1.59. The molecule has 1 aliphatic heterocycles. The van der Waals surface area contributed by atoms with Gasteiger partial charge in [0.05, 0.1) is 19.8 Å². The van der Waals surface area contributed by atoms with Crippen molar-refractivity contribution in [3.05, 3.63) is 66.2 Å². The molecular weight excluding hydrogens is 368 g/mol. The maximum absolute atomic E-state index is 13.1. The number of carbonyl (C=O) groups excluding carboxylic acids is 2. The van der Waals surface area contributed by atoms with E-state index < -0.39 is 6.04 Å². The lowest BCUT2D eigenvalue weighted by Gasteiger charge is -2.40. The third kappa shape index (κ3) is 5.81. The Bertz CT molecular complexity index is 782. The van der Waals surface area contributed by atoms with Crippen molar-refractivity contribution in [1.29, 1.82) is 0 Å². The largest absolute Gasteiger partial charge is 0.494 e. The average molecular weight is 396 g/mol. The Kier molecular flexibility index (Phi) is 7.64. The van der Waals surface area contributed by atoms with Crippen molar-refractivity contribution < 1.29 is 19.1 Å². The van der Waals surface area contributed by atoms with E-state index in [2.05, 4.69) is 0 Å². The van der Waals surface area contributed by atoms with Gasteiger partial charge in [0.2, 0.25) is 11.8 Å². The molecule has 6 heteroatoms. The summed E-state index contributed by atoms with van der Waals surface area (Å²) in [6.07, 6.45) is 1.17. The first-order chi connectivity index (χ1) is 14.2. The quantitative estimate of drug-likeness (QED) is 0.579. The summed E-state index contributed by atoms with van der Waals surface area (Å²) < 4.78 is 10.8. The van der Waals surface area contributed by atoms with Crippen LogP contribution in [0.3, 0.4) is 0 Å². The molecule has 3 rings (SSSR count). The molecule has 1 heterocycles. The smallest absolute Gasteiger partial charge is 0.246 e. The molecular formula is C23H28N2O4. The summed E-state index contributed by atoms with van der Waals surface area (Å²) in [5.74, 6) is 0.760. The number of rotatable bonds is 10. The van der Waals surface area contributed by atoms with E-state index in [-0.39, 0.29) is 18.4 Å². The monoisotopic (exact) mass is 396 g/mol. The Labute approximate surface area is 172 Å². The van der Waals surface area contributed by atoms with Crippen molar-refractivity contribution in [2.45, 2.75) is 18.9 Å². The fraction of sp³-hybridized carbons (Fsp3) is 0.391. The minimum absolute atomic E-state index is 0.0190. The van der Waals surface area contributed by atoms with Gasteiger partial charge < -0.3 is 19.3 Å². The van der Waals surface area contributed by atoms with Crippen LogP contribution in [0.4, 0.5) is 0 Å². The van der Waals surface area contributed by atoms with E-state index in [4.69, 9.17) is 9.47 Å². The van der Waals surface area contributed by atoms with E-state index in [1.54, 1.807) is 16.9 Å². The van der Waals surface area contributed by atoms with Crippen LogP contribution >= 0.6 is 0 Å². The number of hydrogen-bond acceptors (Lipinski definition) is 4. The zero-order chi connectivity index (χ0) is 20.5. The molecule has 0 saturated carbocycles. The lowest BCUT2D eigenvalue weighted by atomic mass is 10.0.